The monoisotopic (exact) mass is 322 g/mol. The van der Waals surface area contributed by atoms with Crippen LogP contribution in [0.3, 0.4) is 0 Å². The van der Waals surface area contributed by atoms with Gasteiger partial charge in [-0.3, -0.25) is 4.18 Å². The van der Waals surface area contributed by atoms with Gasteiger partial charge in [0.15, 0.2) is 8.32 Å². The van der Waals surface area contributed by atoms with Crippen molar-refractivity contribution in [2.24, 2.45) is 5.92 Å². The van der Waals surface area contributed by atoms with E-state index in [1.807, 2.05) is 0 Å². The summed E-state index contributed by atoms with van der Waals surface area (Å²) in [5.41, 5.74) is 0. The molecule has 20 heavy (non-hydrogen) atoms. The zero-order valence-corrected chi connectivity index (χ0v) is 15.5. The third-order valence-corrected chi connectivity index (χ3v) is 9.71. The molecule has 4 nitrogen and oxygen atoms in total. The molecule has 0 radical (unpaired) electrons. The van der Waals surface area contributed by atoms with Gasteiger partial charge in [-0.15, -0.1) is 0 Å². The van der Waals surface area contributed by atoms with Crippen LogP contribution in [0.4, 0.5) is 0 Å². The zero-order chi connectivity index (χ0) is 15.6. The lowest BCUT2D eigenvalue weighted by Crippen LogP contribution is -2.42. The Balaban J connectivity index is 2.37. The maximum atomic E-state index is 11.1. The van der Waals surface area contributed by atoms with Crippen LogP contribution in [-0.2, 0) is 18.7 Å². The number of rotatable bonds is 5. The highest BCUT2D eigenvalue weighted by Gasteiger charge is 2.38. The second kappa shape index (κ2) is 6.46. The normalized spacial score (nSPS) is 25.7. The standard InChI is InChI=1S/C14H30O4SSi/c1-14(2,3)20(5,6)17-11-12-7-9-13(10-8-12)18-19(4,15)16/h12-13H,7-11H2,1-6H3/t12-,13+. The predicted molar refractivity (Wildman–Crippen MR) is 84.8 cm³/mol. The summed E-state index contributed by atoms with van der Waals surface area (Å²) in [5, 5.41) is 0.240. The van der Waals surface area contributed by atoms with E-state index >= 15 is 0 Å². The van der Waals surface area contributed by atoms with Crippen LogP contribution in [0.2, 0.25) is 18.1 Å². The average Bonchev–Trinajstić information content (AvgIpc) is 2.24. The van der Waals surface area contributed by atoms with E-state index in [0.29, 0.717) is 5.92 Å². The molecule has 0 aromatic carbocycles. The Morgan fingerprint density at radius 1 is 1.10 bits per heavy atom. The number of hydrogen-bond acceptors (Lipinski definition) is 4. The molecule has 0 N–H and O–H groups in total. The first-order chi connectivity index (χ1) is 8.91. The van der Waals surface area contributed by atoms with Crippen molar-refractivity contribution in [2.75, 3.05) is 12.9 Å². The van der Waals surface area contributed by atoms with Gasteiger partial charge < -0.3 is 4.43 Å². The maximum Gasteiger partial charge on any atom is 0.264 e. The van der Waals surface area contributed by atoms with Crippen LogP contribution in [0.5, 0.6) is 0 Å². The van der Waals surface area contributed by atoms with Gasteiger partial charge in [-0.05, 0) is 49.7 Å². The van der Waals surface area contributed by atoms with Crippen LogP contribution in [0.25, 0.3) is 0 Å². The van der Waals surface area contributed by atoms with E-state index in [1.54, 1.807) is 0 Å². The van der Waals surface area contributed by atoms with Crippen molar-refractivity contribution in [3.63, 3.8) is 0 Å². The summed E-state index contributed by atoms with van der Waals surface area (Å²) < 4.78 is 33.5. The van der Waals surface area contributed by atoms with Crippen LogP contribution < -0.4 is 0 Å². The molecule has 6 heteroatoms. The van der Waals surface area contributed by atoms with Crippen molar-refractivity contribution in [1.82, 2.24) is 0 Å². The van der Waals surface area contributed by atoms with Crippen LogP contribution in [0.1, 0.15) is 46.5 Å². The van der Waals surface area contributed by atoms with Crippen LogP contribution in [-0.4, -0.2) is 35.7 Å². The van der Waals surface area contributed by atoms with Gasteiger partial charge in [0, 0.05) is 6.61 Å². The maximum absolute atomic E-state index is 11.1. The largest absolute Gasteiger partial charge is 0.417 e. The van der Waals surface area contributed by atoms with E-state index in [-0.39, 0.29) is 11.1 Å². The summed E-state index contributed by atoms with van der Waals surface area (Å²) in [7, 11) is -4.99. The Hall–Kier alpha value is 0.0869. The van der Waals surface area contributed by atoms with Crippen molar-refractivity contribution in [3.05, 3.63) is 0 Å². The quantitative estimate of drug-likeness (QED) is 0.574. The highest BCUT2D eigenvalue weighted by molar-refractivity contribution is 7.86. The van der Waals surface area contributed by atoms with Crippen LogP contribution in [0.15, 0.2) is 0 Å². The lowest BCUT2D eigenvalue weighted by molar-refractivity contribution is 0.112. The first-order valence-corrected chi connectivity index (χ1v) is 12.2. The van der Waals surface area contributed by atoms with Crippen molar-refractivity contribution < 1.29 is 17.0 Å². The molecule has 0 bridgehead atoms. The van der Waals surface area contributed by atoms with Crippen LogP contribution >= 0.6 is 0 Å². The van der Waals surface area contributed by atoms with E-state index in [9.17, 15) is 8.42 Å². The van der Waals surface area contributed by atoms with Gasteiger partial charge in [-0.2, -0.15) is 8.42 Å². The van der Waals surface area contributed by atoms with E-state index in [2.05, 4.69) is 33.9 Å². The molecule has 1 saturated carbocycles. The molecule has 120 valence electrons. The van der Waals surface area contributed by atoms with Crippen molar-refractivity contribution >= 4 is 18.4 Å². The van der Waals surface area contributed by atoms with Gasteiger partial charge in [0.25, 0.3) is 10.1 Å². The van der Waals surface area contributed by atoms with Gasteiger partial charge in [0.1, 0.15) is 0 Å². The molecular weight excluding hydrogens is 292 g/mol. The molecule has 1 aliphatic rings. The first-order valence-electron chi connectivity index (χ1n) is 7.43. The molecule has 0 aromatic rings. The summed E-state index contributed by atoms with van der Waals surface area (Å²) in [4.78, 5) is 0. The van der Waals surface area contributed by atoms with Gasteiger partial charge in [0.05, 0.1) is 12.4 Å². The second-order valence-electron chi connectivity index (χ2n) is 7.51. The topological polar surface area (TPSA) is 52.6 Å². The molecule has 0 spiro atoms. The molecule has 0 heterocycles. The molecule has 0 amide bonds. The molecule has 0 aromatic heterocycles. The van der Waals surface area contributed by atoms with E-state index in [4.69, 9.17) is 8.61 Å². The van der Waals surface area contributed by atoms with Gasteiger partial charge in [0.2, 0.25) is 0 Å². The van der Waals surface area contributed by atoms with E-state index in [1.165, 1.54) is 0 Å². The minimum absolute atomic E-state index is 0.130. The van der Waals surface area contributed by atoms with Crippen molar-refractivity contribution in [2.45, 2.75) is 70.7 Å². The minimum atomic E-state index is -3.32. The summed E-state index contributed by atoms with van der Waals surface area (Å²) in [6.45, 7) is 12.1. The SMILES string of the molecule is CC(C)(C)[Si](C)(C)OC[C@H]1CC[C@@H](OS(C)(=O)=O)CC1. The van der Waals surface area contributed by atoms with Crippen molar-refractivity contribution in [3.8, 4) is 0 Å². The highest BCUT2D eigenvalue weighted by atomic mass is 32.2. The zero-order valence-electron chi connectivity index (χ0n) is 13.7. The van der Waals surface area contributed by atoms with Gasteiger partial charge in [-0.25, -0.2) is 0 Å². The van der Waals surface area contributed by atoms with Crippen LogP contribution in [0, 0.1) is 5.92 Å². The summed E-state index contributed by atoms with van der Waals surface area (Å²) >= 11 is 0. The fourth-order valence-electron chi connectivity index (χ4n) is 2.18. The Labute approximate surface area is 125 Å². The Morgan fingerprint density at radius 3 is 2.00 bits per heavy atom. The molecule has 0 atom stereocenters. The fraction of sp³-hybridized carbons (Fsp3) is 1.00. The molecular formula is C14H30O4SSi. The van der Waals surface area contributed by atoms with E-state index < -0.39 is 18.4 Å². The molecule has 0 unspecified atom stereocenters. The summed E-state index contributed by atoms with van der Waals surface area (Å²) in [6.07, 6.45) is 4.62. The molecule has 0 aliphatic heterocycles. The molecule has 0 saturated heterocycles. The Morgan fingerprint density at radius 2 is 1.60 bits per heavy atom. The number of hydrogen-bond donors (Lipinski definition) is 0. The lowest BCUT2D eigenvalue weighted by Gasteiger charge is -2.38. The Bertz CT molecular complexity index is 403. The average molecular weight is 323 g/mol. The van der Waals surface area contributed by atoms with Gasteiger partial charge >= 0.3 is 0 Å². The fourth-order valence-corrected chi connectivity index (χ4v) is 3.96. The summed E-state index contributed by atoms with van der Waals surface area (Å²) in [6, 6.07) is 0. The summed E-state index contributed by atoms with van der Waals surface area (Å²) in [5.74, 6) is 0.545. The third kappa shape index (κ3) is 5.83. The minimum Gasteiger partial charge on any atom is -0.417 e. The van der Waals surface area contributed by atoms with Crippen molar-refractivity contribution in [1.29, 1.82) is 0 Å². The molecule has 1 rings (SSSR count). The molecule has 1 aliphatic carbocycles. The first kappa shape index (κ1) is 18.1. The smallest absolute Gasteiger partial charge is 0.264 e. The Kier molecular flexibility index (Phi) is 5.86. The highest BCUT2D eigenvalue weighted by Crippen LogP contribution is 2.37. The molecule has 1 fully saturated rings. The predicted octanol–water partition coefficient (Wildman–Crippen LogP) is 3.54. The lowest BCUT2D eigenvalue weighted by atomic mass is 9.88. The van der Waals surface area contributed by atoms with Gasteiger partial charge in [-0.1, -0.05) is 20.8 Å². The third-order valence-electron chi connectivity index (χ3n) is 4.59. The van der Waals surface area contributed by atoms with E-state index in [0.717, 1.165) is 38.5 Å². The second-order valence-corrected chi connectivity index (χ2v) is 13.9.